The zero-order valence-corrected chi connectivity index (χ0v) is 18.1. The number of nitrogens with one attached hydrogen (secondary N) is 2. The SMILES string of the molecule is O=C(CN1CCCC(C(=O)Nc2ccc(Br)cn2)C1)Nc1ccc(Cl)cc1[N+](=O)[O-]. The molecular weight excluding hydrogens is 478 g/mol. The molecule has 30 heavy (non-hydrogen) atoms. The average molecular weight is 497 g/mol. The van der Waals surface area contributed by atoms with Gasteiger partial charge in [0.1, 0.15) is 11.5 Å². The first-order valence-corrected chi connectivity index (χ1v) is 10.4. The van der Waals surface area contributed by atoms with Crippen molar-refractivity contribution in [1.29, 1.82) is 0 Å². The van der Waals surface area contributed by atoms with E-state index in [4.69, 9.17) is 11.6 Å². The summed E-state index contributed by atoms with van der Waals surface area (Å²) >= 11 is 9.09. The zero-order chi connectivity index (χ0) is 21.7. The van der Waals surface area contributed by atoms with Gasteiger partial charge in [-0.25, -0.2) is 4.98 Å². The molecule has 2 heterocycles. The molecule has 1 fully saturated rings. The van der Waals surface area contributed by atoms with Gasteiger partial charge in [0, 0.05) is 28.3 Å². The lowest BCUT2D eigenvalue weighted by Crippen LogP contribution is -2.44. The Bertz CT molecular complexity index is 956. The first kappa shape index (κ1) is 22.1. The van der Waals surface area contributed by atoms with Crippen molar-refractivity contribution in [2.75, 3.05) is 30.3 Å². The fraction of sp³-hybridized carbons (Fsp3) is 0.316. The van der Waals surface area contributed by atoms with E-state index in [9.17, 15) is 19.7 Å². The Kier molecular flexibility index (Phi) is 7.35. The fourth-order valence-corrected chi connectivity index (χ4v) is 3.65. The van der Waals surface area contributed by atoms with Gasteiger partial charge in [-0.2, -0.15) is 0 Å². The smallest absolute Gasteiger partial charge is 0.294 e. The van der Waals surface area contributed by atoms with Crippen molar-refractivity contribution >= 4 is 56.5 Å². The first-order valence-electron chi connectivity index (χ1n) is 9.20. The summed E-state index contributed by atoms with van der Waals surface area (Å²) < 4.78 is 0.816. The number of amides is 2. The minimum atomic E-state index is -0.598. The summed E-state index contributed by atoms with van der Waals surface area (Å²) in [5.74, 6) is -0.352. The second kappa shape index (κ2) is 9.96. The number of pyridine rings is 1. The molecule has 2 N–H and O–H groups in total. The van der Waals surface area contributed by atoms with Crippen molar-refractivity contribution in [3.8, 4) is 0 Å². The Balaban J connectivity index is 1.57. The Labute approximate surface area is 186 Å². The van der Waals surface area contributed by atoms with Crippen LogP contribution in [0.2, 0.25) is 5.02 Å². The maximum absolute atomic E-state index is 12.5. The van der Waals surface area contributed by atoms with Gasteiger partial charge in [0.25, 0.3) is 5.69 Å². The summed E-state index contributed by atoms with van der Waals surface area (Å²) in [6, 6.07) is 7.55. The molecule has 1 aromatic carbocycles. The Morgan fingerprint density at radius 2 is 2.10 bits per heavy atom. The van der Waals surface area contributed by atoms with Crippen LogP contribution < -0.4 is 10.6 Å². The number of likely N-dealkylation sites (tertiary alicyclic amines) is 1. The van der Waals surface area contributed by atoms with E-state index in [1.165, 1.54) is 18.2 Å². The highest BCUT2D eigenvalue weighted by molar-refractivity contribution is 9.10. The second-order valence-corrected chi connectivity index (χ2v) is 8.24. The number of nitro benzene ring substituents is 1. The topological polar surface area (TPSA) is 117 Å². The molecule has 1 atom stereocenters. The van der Waals surface area contributed by atoms with Crippen molar-refractivity contribution in [2.24, 2.45) is 5.92 Å². The third-order valence-electron chi connectivity index (χ3n) is 4.65. The zero-order valence-electron chi connectivity index (χ0n) is 15.8. The number of carbonyl (C=O) groups is 2. The van der Waals surface area contributed by atoms with Gasteiger partial charge < -0.3 is 10.6 Å². The van der Waals surface area contributed by atoms with Gasteiger partial charge in [-0.05, 0) is 59.6 Å². The maximum Gasteiger partial charge on any atom is 0.294 e. The van der Waals surface area contributed by atoms with E-state index in [-0.39, 0.29) is 34.8 Å². The average Bonchev–Trinajstić information content (AvgIpc) is 2.71. The van der Waals surface area contributed by atoms with E-state index >= 15 is 0 Å². The van der Waals surface area contributed by atoms with Crippen LogP contribution in [0.1, 0.15) is 12.8 Å². The Morgan fingerprint density at radius 1 is 1.30 bits per heavy atom. The van der Waals surface area contributed by atoms with Crippen LogP contribution in [-0.2, 0) is 9.59 Å². The lowest BCUT2D eigenvalue weighted by atomic mass is 9.97. The summed E-state index contributed by atoms with van der Waals surface area (Å²) in [6.45, 7) is 1.11. The predicted octanol–water partition coefficient (Wildman–Crippen LogP) is 3.69. The molecule has 1 saturated heterocycles. The van der Waals surface area contributed by atoms with Gasteiger partial charge in [0.2, 0.25) is 11.8 Å². The summed E-state index contributed by atoms with van der Waals surface area (Å²) in [5, 5.41) is 16.7. The van der Waals surface area contributed by atoms with Gasteiger partial charge in [-0.15, -0.1) is 0 Å². The highest BCUT2D eigenvalue weighted by Crippen LogP contribution is 2.28. The van der Waals surface area contributed by atoms with Crippen LogP contribution in [0, 0.1) is 16.0 Å². The lowest BCUT2D eigenvalue weighted by molar-refractivity contribution is -0.383. The molecule has 0 spiro atoms. The van der Waals surface area contributed by atoms with Crippen LogP contribution in [0.15, 0.2) is 41.0 Å². The quantitative estimate of drug-likeness (QED) is 0.465. The molecule has 2 amide bonds. The van der Waals surface area contributed by atoms with Crippen LogP contribution in [0.25, 0.3) is 0 Å². The minimum Gasteiger partial charge on any atom is -0.319 e. The monoisotopic (exact) mass is 495 g/mol. The van der Waals surface area contributed by atoms with E-state index in [2.05, 4.69) is 31.5 Å². The number of carbonyl (C=O) groups excluding carboxylic acids is 2. The van der Waals surface area contributed by atoms with Crippen LogP contribution in [-0.4, -0.2) is 46.3 Å². The summed E-state index contributed by atoms with van der Waals surface area (Å²) in [4.78, 5) is 41.5. The van der Waals surface area contributed by atoms with Crippen molar-refractivity contribution in [1.82, 2.24) is 9.88 Å². The van der Waals surface area contributed by atoms with Crippen LogP contribution in [0.5, 0.6) is 0 Å². The molecular formula is C19H19BrClN5O4. The summed E-state index contributed by atoms with van der Waals surface area (Å²) in [6.07, 6.45) is 3.08. The van der Waals surface area contributed by atoms with E-state index in [0.29, 0.717) is 25.3 Å². The highest BCUT2D eigenvalue weighted by Gasteiger charge is 2.27. The van der Waals surface area contributed by atoms with Crippen LogP contribution in [0.4, 0.5) is 17.2 Å². The fourth-order valence-electron chi connectivity index (χ4n) is 3.25. The van der Waals surface area contributed by atoms with Crippen molar-refractivity contribution in [3.63, 3.8) is 0 Å². The third kappa shape index (κ3) is 5.97. The van der Waals surface area contributed by atoms with Crippen molar-refractivity contribution < 1.29 is 14.5 Å². The molecule has 1 aliphatic heterocycles. The van der Waals surface area contributed by atoms with Crippen molar-refractivity contribution in [3.05, 3.63) is 56.1 Å². The van der Waals surface area contributed by atoms with Gasteiger partial charge in [0.05, 0.1) is 17.4 Å². The number of piperidine rings is 1. The van der Waals surface area contributed by atoms with E-state index in [0.717, 1.165) is 10.9 Å². The number of hydrogen-bond donors (Lipinski definition) is 2. The Hall–Kier alpha value is -2.56. The number of hydrogen-bond acceptors (Lipinski definition) is 6. The summed E-state index contributed by atoms with van der Waals surface area (Å²) in [5.41, 5.74) is -0.184. The van der Waals surface area contributed by atoms with Crippen LogP contribution >= 0.6 is 27.5 Å². The number of anilines is 2. The molecule has 0 bridgehead atoms. The molecule has 3 rings (SSSR count). The second-order valence-electron chi connectivity index (χ2n) is 6.89. The Morgan fingerprint density at radius 3 is 2.80 bits per heavy atom. The van der Waals surface area contributed by atoms with Crippen LogP contribution in [0.3, 0.4) is 0 Å². The summed E-state index contributed by atoms with van der Waals surface area (Å²) in [7, 11) is 0. The van der Waals surface area contributed by atoms with Gasteiger partial charge in [-0.3, -0.25) is 24.6 Å². The molecule has 158 valence electrons. The maximum atomic E-state index is 12.5. The number of nitrogens with zero attached hydrogens (tertiary/aromatic N) is 3. The van der Waals surface area contributed by atoms with E-state index in [1.54, 1.807) is 18.3 Å². The van der Waals surface area contributed by atoms with E-state index in [1.807, 2.05) is 4.90 Å². The molecule has 1 aliphatic rings. The number of aromatic nitrogens is 1. The molecule has 0 aliphatic carbocycles. The standard InChI is InChI=1S/C19H19BrClN5O4/c20-13-3-6-17(22-9-13)24-19(28)12-2-1-7-25(10-12)11-18(27)23-15-5-4-14(21)8-16(15)26(29)30/h3-6,8-9,12H,1-2,7,10-11H2,(H,23,27)(H,22,24,28). The number of nitro groups is 1. The molecule has 1 aromatic heterocycles. The van der Waals surface area contributed by atoms with Gasteiger partial charge in [-0.1, -0.05) is 11.6 Å². The molecule has 11 heteroatoms. The van der Waals surface area contributed by atoms with Gasteiger partial charge >= 0.3 is 0 Å². The molecule has 0 saturated carbocycles. The van der Waals surface area contributed by atoms with Crippen molar-refractivity contribution in [2.45, 2.75) is 12.8 Å². The highest BCUT2D eigenvalue weighted by atomic mass is 79.9. The molecule has 0 radical (unpaired) electrons. The number of benzene rings is 1. The minimum absolute atomic E-state index is 0.0279. The largest absolute Gasteiger partial charge is 0.319 e. The molecule has 1 unspecified atom stereocenters. The van der Waals surface area contributed by atoms with Gasteiger partial charge in [0.15, 0.2) is 0 Å². The molecule has 2 aromatic rings. The lowest BCUT2D eigenvalue weighted by Gasteiger charge is -2.31. The normalized spacial score (nSPS) is 16.7. The number of halogens is 2. The third-order valence-corrected chi connectivity index (χ3v) is 5.36. The molecule has 9 nitrogen and oxygen atoms in total. The first-order chi connectivity index (χ1) is 14.3. The van der Waals surface area contributed by atoms with E-state index < -0.39 is 10.8 Å². The predicted molar refractivity (Wildman–Crippen MR) is 116 cm³/mol. The number of rotatable bonds is 6.